The third kappa shape index (κ3) is 5.05. The zero-order valence-electron chi connectivity index (χ0n) is 33.5. The number of esters is 2. The fourth-order valence-corrected chi connectivity index (χ4v) is 13.6. The van der Waals surface area contributed by atoms with Crippen LogP contribution in [0.5, 0.6) is 34.5 Å². The number of phenols is 6. The van der Waals surface area contributed by atoms with Gasteiger partial charge in [0.05, 0.1) is 34.7 Å². The lowest BCUT2D eigenvalue weighted by Gasteiger charge is -2.71. The van der Waals surface area contributed by atoms with Gasteiger partial charge < -0.3 is 55.4 Å². The summed E-state index contributed by atoms with van der Waals surface area (Å²) in [5.74, 6) is -10.5. The molecule has 0 amide bonds. The number of benzene rings is 2. The second-order valence-corrected chi connectivity index (χ2v) is 19.8. The number of fused-ring (bicyclic) bond motifs is 12. The molecule has 0 bridgehead atoms. The summed E-state index contributed by atoms with van der Waals surface area (Å²) in [6.45, 7) is 9.70. The number of phenolic OH excluding ortho intramolecular Hbond substituents is 6. The number of aromatic hydroxyl groups is 6. The molecule has 14 heteroatoms. The zero-order valence-corrected chi connectivity index (χ0v) is 33.5. The molecule has 8 rings (SSSR count). The van der Waals surface area contributed by atoms with Gasteiger partial charge in [-0.15, -0.1) is 0 Å². The molecule has 2 aromatic rings. The summed E-state index contributed by atoms with van der Waals surface area (Å²) < 4.78 is 12.0. The van der Waals surface area contributed by atoms with Crippen molar-refractivity contribution in [2.75, 3.05) is 13.2 Å². The van der Waals surface area contributed by atoms with Gasteiger partial charge in [0.15, 0.2) is 23.0 Å². The highest BCUT2D eigenvalue weighted by Gasteiger charge is 2.72. The largest absolute Gasteiger partial charge is 0.504 e. The maximum Gasteiger partial charge on any atom is 0.339 e. The number of carbonyl (C=O) groups excluding carboxylic acids is 2. The van der Waals surface area contributed by atoms with Crippen molar-refractivity contribution in [1.82, 2.24) is 0 Å². The summed E-state index contributed by atoms with van der Waals surface area (Å²) in [5.41, 5.74) is -5.59. The average molecular weight is 807 g/mol. The Morgan fingerprint density at radius 3 is 1.95 bits per heavy atom. The van der Waals surface area contributed by atoms with Crippen LogP contribution in [0, 0.1) is 50.2 Å². The quantitative estimate of drug-likeness (QED) is 0.0946. The van der Waals surface area contributed by atoms with E-state index in [2.05, 4.69) is 40.7 Å². The minimum absolute atomic E-state index is 0.0274. The van der Waals surface area contributed by atoms with E-state index in [1.165, 1.54) is 5.57 Å². The molecule has 6 aliphatic rings. The van der Waals surface area contributed by atoms with Crippen LogP contribution in [0.25, 0.3) is 11.1 Å². The molecule has 0 radical (unpaired) electrons. The molecule has 10 atom stereocenters. The molecule has 0 aromatic heterocycles. The average Bonchev–Trinajstić information content (AvgIpc) is 3.17. The van der Waals surface area contributed by atoms with E-state index in [1.54, 1.807) is 0 Å². The van der Waals surface area contributed by atoms with E-state index in [0.717, 1.165) is 25.0 Å². The van der Waals surface area contributed by atoms with Crippen molar-refractivity contribution in [3.63, 3.8) is 0 Å². The van der Waals surface area contributed by atoms with Gasteiger partial charge in [0, 0.05) is 11.1 Å². The van der Waals surface area contributed by atoms with Gasteiger partial charge in [0.2, 0.25) is 11.5 Å². The maximum absolute atomic E-state index is 14.3. The first-order valence-corrected chi connectivity index (χ1v) is 20.2. The molecular formula is C44H54O14. The molecule has 3 unspecified atom stereocenters. The van der Waals surface area contributed by atoms with Crippen LogP contribution in [-0.2, 0) is 14.3 Å². The normalized spacial score (nSPS) is 38.9. The third-order valence-corrected chi connectivity index (χ3v) is 16.8. The Kier molecular flexibility index (Phi) is 8.75. The van der Waals surface area contributed by atoms with E-state index in [9.17, 15) is 60.3 Å². The number of aliphatic hydroxyl groups is 2. The Balaban J connectivity index is 1.26. The smallest absolute Gasteiger partial charge is 0.339 e. The lowest BCUT2D eigenvalue weighted by atomic mass is 9.33. The zero-order chi connectivity index (χ0) is 42.3. The fraction of sp³-hybridized carbons (Fsp3) is 0.614. The predicted octanol–water partition coefficient (Wildman–Crippen LogP) is 6.09. The van der Waals surface area contributed by atoms with Crippen molar-refractivity contribution in [3.05, 3.63) is 34.9 Å². The van der Waals surface area contributed by atoms with Gasteiger partial charge in [0.1, 0.15) is 12.7 Å². The first-order valence-electron chi connectivity index (χ1n) is 20.2. The molecule has 314 valence electrons. The number of carboxylic acids is 1. The van der Waals surface area contributed by atoms with E-state index in [-0.39, 0.29) is 34.5 Å². The molecule has 1 heterocycles. The molecule has 4 fully saturated rings. The Bertz CT molecular complexity index is 2180. The number of allylic oxidation sites excluding steroid dienone is 2. The number of hydrogen-bond donors (Lipinski definition) is 9. The van der Waals surface area contributed by atoms with Gasteiger partial charge in [-0.05, 0) is 109 Å². The highest BCUT2D eigenvalue weighted by atomic mass is 16.6. The second-order valence-electron chi connectivity index (χ2n) is 19.8. The molecular weight excluding hydrogens is 752 g/mol. The number of aliphatic hydroxyl groups excluding tert-OH is 2. The highest BCUT2D eigenvalue weighted by molar-refractivity contribution is 6.08. The van der Waals surface area contributed by atoms with E-state index in [4.69, 9.17) is 9.47 Å². The van der Waals surface area contributed by atoms with Gasteiger partial charge in [-0.3, -0.25) is 4.79 Å². The van der Waals surface area contributed by atoms with Crippen LogP contribution in [0.2, 0.25) is 0 Å². The minimum atomic E-state index is -1.63. The van der Waals surface area contributed by atoms with Crippen LogP contribution >= 0.6 is 0 Å². The van der Waals surface area contributed by atoms with E-state index in [0.29, 0.717) is 38.5 Å². The molecule has 14 nitrogen and oxygen atoms in total. The number of rotatable bonds is 2. The first kappa shape index (κ1) is 40.1. The van der Waals surface area contributed by atoms with Crippen molar-refractivity contribution in [1.29, 1.82) is 0 Å². The topological polar surface area (TPSA) is 252 Å². The van der Waals surface area contributed by atoms with Gasteiger partial charge in [-0.1, -0.05) is 46.3 Å². The number of carbonyl (C=O) groups is 3. The van der Waals surface area contributed by atoms with Crippen molar-refractivity contribution in [3.8, 4) is 45.6 Å². The summed E-state index contributed by atoms with van der Waals surface area (Å²) in [5, 5.41) is 98.8. The molecule has 5 aliphatic carbocycles. The SMILES string of the molecule is CC1(C)CC[C@]2(C(=O)O)CC[C@]3(C)C(=CCC4[C@@]5(C)C[C@@H](O)[C@@H]6OC(=O)c7cc(O)c(O)c(O)c7-c7c(cc(O)c(O)c7O)C(=O)OC[C@@]6(CO)C5CC[C@]43C)C2C1. The Hall–Kier alpha value is -4.69. The molecule has 0 saturated heterocycles. The van der Waals surface area contributed by atoms with Gasteiger partial charge in [0.25, 0.3) is 0 Å². The molecule has 9 N–H and O–H groups in total. The van der Waals surface area contributed by atoms with E-state index >= 15 is 0 Å². The monoisotopic (exact) mass is 806 g/mol. The molecule has 0 spiro atoms. The Morgan fingerprint density at radius 2 is 1.36 bits per heavy atom. The highest BCUT2D eigenvalue weighted by Crippen LogP contribution is 2.76. The minimum Gasteiger partial charge on any atom is -0.504 e. The summed E-state index contributed by atoms with van der Waals surface area (Å²) in [7, 11) is 0. The summed E-state index contributed by atoms with van der Waals surface area (Å²) in [6.07, 6.45) is 4.51. The van der Waals surface area contributed by atoms with Crippen LogP contribution in [0.3, 0.4) is 0 Å². The summed E-state index contributed by atoms with van der Waals surface area (Å²) in [6, 6.07) is 1.49. The van der Waals surface area contributed by atoms with Gasteiger partial charge in [-0.2, -0.15) is 0 Å². The Labute approximate surface area is 335 Å². The number of carboxylic acid groups (broad SMARTS) is 1. The van der Waals surface area contributed by atoms with E-state index < -0.39 is 122 Å². The summed E-state index contributed by atoms with van der Waals surface area (Å²) >= 11 is 0. The van der Waals surface area contributed by atoms with Crippen molar-refractivity contribution >= 4 is 17.9 Å². The lowest BCUT2D eigenvalue weighted by molar-refractivity contribution is -0.256. The van der Waals surface area contributed by atoms with E-state index in [1.807, 2.05) is 0 Å². The predicted molar refractivity (Wildman–Crippen MR) is 205 cm³/mol. The standard InChI is InChI=1S/C44H54O14/c1-39(2)10-12-43(38(55)56)13-11-41(4)22(23(43)16-39)6-7-27-40(3)17-26(48)35-44(18-45,28(40)8-9-42(27,41)5)19-57-36(53)20-14-24(46)31(49)33(51)29(20)30-21(37(54)58-35)15-25(47)32(50)34(30)52/h6,14-15,23,26-28,35,45-52H,7-13,16-19H2,1-5H3,(H,55,56)/t23?,26-,27?,28?,35+,40-,41-,42-,43+,44+/m1/s1. The Morgan fingerprint density at radius 1 is 0.776 bits per heavy atom. The van der Waals surface area contributed by atoms with Crippen molar-refractivity contribution < 1.29 is 69.8 Å². The summed E-state index contributed by atoms with van der Waals surface area (Å²) in [4.78, 5) is 41.6. The molecule has 4 saturated carbocycles. The van der Waals surface area contributed by atoms with Gasteiger partial charge in [-0.25, -0.2) is 9.59 Å². The van der Waals surface area contributed by atoms with Crippen molar-refractivity contribution in [2.24, 2.45) is 50.2 Å². The number of hydrogen-bond acceptors (Lipinski definition) is 13. The van der Waals surface area contributed by atoms with Crippen LogP contribution in [0.4, 0.5) is 0 Å². The van der Waals surface area contributed by atoms with Crippen LogP contribution in [0.15, 0.2) is 23.8 Å². The van der Waals surface area contributed by atoms with Gasteiger partial charge >= 0.3 is 17.9 Å². The second kappa shape index (κ2) is 12.7. The van der Waals surface area contributed by atoms with Crippen LogP contribution in [-0.4, -0.2) is 89.3 Å². The molecule has 1 aliphatic heterocycles. The third-order valence-electron chi connectivity index (χ3n) is 16.8. The van der Waals surface area contributed by atoms with Crippen LogP contribution in [0.1, 0.15) is 113 Å². The van der Waals surface area contributed by atoms with Crippen molar-refractivity contribution in [2.45, 2.75) is 105 Å². The number of aliphatic carboxylic acids is 1. The number of cyclic esters (lactones) is 1. The lowest BCUT2D eigenvalue weighted by Crippen LogP contribution is -2.70. The molecule has 58 heavy (non-hydrogen) atoms. The maximum atomic E-state index is 14.3. The first-order chi connectivity index (χ1) is 27.0. The van der Waals surface area contributed by atoms with Crippen LogP contribution < -0.4 is 0 Å². The number of ether oxygens (including phenoxy) is 2. The fourth-order valence-electron chi connectivity index (χ4n) is 13.6. The molecule has 2 aromatic carbocycles.